The van der Waals surface area contributed by atoms with E-state index in [2.05, 4.69) is 4.99 Å². The van der Waals surface area contributed by atoms with Gasteiger partial charge in [0.1, 0.15) is 6.54 Å². The molecule has 1 heterocycles. The van der Waals surface area contributed by atoms with Crippen LogP contribution in [0.3, 0.4) is 0 Å². The fourth-order valence-electron chi connectivity index (χ4n) is 2.81. The quantitative estimate of drug-likeness (QED) is 0.515. The highest BCUT2D eigenvalue weighted by molar-refractivity contribution is 7.90. The molecule has 0 atom stereocenters. The second kappa shape index (κ2) is 8.87. The van der Waals surface area contributed by atoms with Gasteiger partial charge in [-0.2, -0.15) is 18.2 Å². The van der Waals surface area contributed by atoms with E-state index in [1.165, 1.54) is 22.8 Å². The molecule has 0 spiro atoms. The zero-order valence-corrected chi connectivity index (χ0v) is 18.5. The van der Waals surface area contributed by atoms with Crippen molar-refractivity contribution in [2.75, 3.05) is 12.9 Å². The zero-order valence-electron chi connectivity index (χ0n) is 16.8. The summed E-state index contributed by atoms with van der Waals surface area (Å²) in [7, 11) is -3.50. The first-order valence-electron chi connectivity index (χ1n) is 9.15. The third-order valence-corrected chi connectivity index (χ3v) is 6.48. The molecule has 0 saturated carbocycles. The molecule has 0 fully saturated rings. The van der Waals surface area contributed by atoms with Crippen molar-refractivity contribution in [2.24, 2.45) is 4.99 Å². The van der Waals surface area contributed by atoms with Crippen LogP contribution in [0, 0.1) is 0 Å². The maximum Gasteiger partial charge on any atom is 0.416 e. The van der Waals surface area contributed by atoms with E-state index in [0.29, 0.717) is 10.2 Å². The van der Waals surface area contributed by atoms with Crippen LogP contribution in [0.1, 0.15) is 22.8 Å². The van der Waals surface area contributed by atoms with Crippen molar-refractivity contribution in [3.05, 3.63) is 58.4 Å². The van der Waals surface area contributed by atoms with Gasteiger partial charge in [0, 0.05) is 11.8 Å². The lowest BCUT2D eigenvalue weighted by Gasteiger charge is -2.06. The van der Waals surface area contributed by atoms with E-state index in [1.54, 1.807) is 6.92 Å². The first kappa shape index (κ1) is 23.7. The molecule has 0 bridgehead atoms. The molecule has 1 amide bonds. The van der Waals surface area contributed by atoms with Gasteiger partial charge >= 0.3 is 12.1 Å². The number of aromatic nitrogens is 1. The summed E-state index contributed by atoms with van der Waals surface area (Å²) in [6.07, 6.45) is -3.49. The van der Waals surface area contributed by atoms with Gasteiger partial charge in [0.15, 0.2) is 14.6 Å². The summed E-state index contributed by atoms with van der Waals surface area (Å²) < 4.78 is 68.7. The number of benzene rings is 2. The third-order valence-electron chi connectivity index (χ3n) is 4.33. The van der Waals surface area contributed by atoms with Crippen molar-refractivity contribution in [3.8, 4) is 0 Å². The summed E-state index contributed by atoms with van der Waals surface area (Å²) in [4.78, 5) is 28.7. The lowest BCUT2D eigenvalue weighted by atomic mass is 10.1. The Bertz CT molecular complexity index is 1350. The minimum atomic E-state index is -4.54. The average molecular weight is 486 g/mol. The van der Waals surface area contributed by atoms with Crippen molar-refractivity contribution >= 4 is 43.3 Å². The topological polar surface area (TPSA) is 94.8 Å². The summed E-state index contributed by atoms with van der Waals surface area (Å²) >= 11 is 0.968. The number of sulfone groups is 1. The Labute approximate surface area is 184 Å². The van der Waals surface area contributed by atoms with E-state index in [1.807, 2.05) is 0 Å². The van der Waals surface area contributed by atoms with E-state index in [9.17, 15) is 31.2 Å². The van der Waals surface area contributed by atoms with Crippen LogP contribution >= 0.6 is 11.3 Å². The predicted molar refractivity (Wildman–Crippen MR) is 111 cm³/mol. The Balaban J connectivity index is 2.11. The van der Waals surface area contributed by atoms with Crippen molar-refractivity contribution in [1.82, 2.24) is 4.57 Å². The van der Waals surface area contributed by atoms with Gasteiger partial charge in [-0.1, -0.05) is 11.3 Å². The largest absolute Gasteiger partial charge is 0.465 e. The molecule has 0 aliphatic carbocycles. The van der Waals surface area contributed by atoms with Crippen LogP contribution in [0.4, 0.5) is 13.2 Å². The van der Waals surface area contributed by atoms with Gasteiger partial charge in [0.2, 0.25) is 0 Å². The highest BCUT2D eigenvalue weighted by Crippen LogP contribution is 2.29. The summed E-state index contributed by atoms with van der Waals surface area (Å²) in [6.45, 7) is 1.48. The van der Waals surface area contributed by atoms with Gasteiger partial charge in [-0.05, 0) is 49.4 Å². The van der Waals surface area contributed by atoms with Gasteiger partial charge < -0.3 is 9.30 Å². The minimum Gasteiger partial charge on any atom is -0.465 e. The van der Waals surface area contributed by atoms with Crippen LogP contribution in [0.5, 0.6) is 0 Å². The standard InChI is InChI=1S/C20H17F3N2O5S2/c1-3-30-17(26)11-25-15-9-8-14(32(2,28)29)10-16(15)31-19(25)24-18(27)12-4-6-13(7-5-12)20(21,22)23/h4-10H,3,11H2,1-2H3. The molecule has 1 aromatic heterocycles. The predicted octanol–water partition coefficient (Wildman–Crippen LogP) is 3.43. The summed E-state index contributed by atoms with van der Waals surface area (Å²) in [5.41, 5.74) is -0.522. The number of hydrogen-bond acceptors (Lipinski definition) is 6. The number of hydrogen-bond donors (Lipinski definition) is 0. The number of ether oxygens (including phenoxy) is 1. The molecule has 3 aromatic rings. The number of carbonyl (C=O) groups is 2. The number of halogens is 3. The van der Waals surface area contributed by atoms with E-state index < -0.39 is 33.5 Å². The minimum absolute atomic E-state index is 0.0511. The molecule has 0 aliphatic heterocycles. The van der Waals surface area contributed by atoms with Crippen LogP contribution in [-0.4, -0.2) is 37.7 Å². The van der Waals surface area contributed by atoms with Gasteiger partial charge in [0.05, 0.1) is 27.3 Å². The fourth-order valence-corrected chi connectivity index (χ4v) is 4.60. The number of amides is 1. The lowest BCUT2D eigenvalue weighted by Crippen LogP contribution is -2.23. The number of thiazole rings is 1. The summed E-state index contributed by atoms with van der Waals surface area (Å²) in [5, 5.41) is 0. The van der Waals surface area contributed by atoms with Crippen LogP contribution in [0.2, 0.25) is 0 Å². The summed E-state index contributed by atoms with van der Waals surface area (Å²) in [5.74, 6) is -1.41. The second-order valence-electron chi connectivity index (χ2n) is 6.67. The molecule has 2 aromatic carbocycles. The first-order valence-corrected chi connectivity index (χ1v) is 11.9. The normalized spacial score (nSPS) is 12.8. The molecule has 170 valence electrons. The number of rotatable bonds is 5. The van der Waals surface area contributed by atoms with Gasteiger partial charge in [-0.15, -0.1) is 0 Å². The number of nitrogens with zero attached hydrogens (tertiary/aromatic N) is 2. The molecule has 0 saturated heterocycles. The van der Waals surface area contributed by atoms with E-state index in [0.717, 1.165) is 41.9 Å². The van der Waals surface area contributed by atoms with Gasteiger partial charge in [-0.3, -0.25) is 9.59 Å². The Morgan fingerprint density at radius 2 is 1.78 bits per heavy atom. The van der Waals surface area contributed by atoms with Crippen LogP contribution in [0.15, 0.2) is 52.4 Å². The molecular formula is C20H17F3N2O5S2. The maximum atomic E-state index is 12.7. The Morgan fingerprint density at radius 1 is 1.12 bits per heavy atom. The number of alkyl halides is 3. The molecule has 7 nitrogen and oxygen atoms in total. The Kier molecular flexibility index (Phi) is 6.56. The molecule has 12 heteroatoms. The molecule has 3 rings (SSSR count). The van der Waals surface area contributed by atoms with Crippen LogP contribution < -0.4 is 4.80 Å². The van der Waals surface area contributed by atoms with Gasteiger partial charge in [0.25, 0.3) is 5.91 Å². The molecule has 0 N–H and O–H groups in total. The Hall–Kier alpha value is -2.99. The van der Waals surface area contributed by atoms with E-state index in [-0.39, 0.29) is 28.4 Å². The monoisotopic (exact) mass is 486 g/mol. The number of carbonyl (C=O) groups excluding carboxylic acids is 2. The molecule has 0 radical (unpaired) electrons. The Morgan fingerprint density at radius 3 is 2.34 bits per heavy atom. The fraction of sp³-hybridized carbons (Fsp3) is 0.250. The third kappa shape index (κ3) is 5.25. The molecule has 0 aliphatic rings. The second-order valence-corrected chi connectivity index (χ2v) is 9.69. The highest BCUT2D eigenvalue weighted by atomic mass is 32.2. The lowest BCUT2D eigenvalue weighted by molar-refractivity contribution is -0.143. The van der Waals surface area contributed by atoms with Crippen LogP contribution in [0.25, 0.3) is 10.2 Å². The van der Waals surface area contributed by atoms with Crippen molar-refractivity contribution in [2.45, 2.75) is 24.5 Å². The van der Waals surface area contributed by atoms with Crippen molar-refractivity contribution in [1.29, 1.82) is 0 Å². The number of fused-ring (bicyclic) bond motifs is 1. The summed E-state index contributed by atoms with van der Waals surface area (Å²) in [6, 6.07) is 7.84. The molecular weight excluding hydrogens is 469 g/mol. The molecule has 32 heavy (non-hydrogen) atoms. The first-order chi connectivity index (χ1) is 14.9. The van der Waals surface area contributed by atoms with E-state index in [4.69, 9.17) is 4.74 Å². The highest BCUT2D eigenvalue weighted by Gasteiger charge is 2.30. The van der Waals surface area contributed by atoms with E-state index >= 15 is 0 Å². The zero-order chi connectivity index (χ0) is 23.7. The van der Waals surface area contributed by atoms with Crippen molar-refractivity contribution in [3.63, 3.8) is 0 Å². The van der Waals surface area contributed by atoms with Gasteiger partial charge in [-0.25, -0.2) is 8.42 Å². The average Bonchev–Trinajstić information content (AvgIpc) is 3.03. The SMILES string of the molecule is CCOC(=O)Cn1c(=NC(=O)c2ccc(C(F)(F)F)cc2)sc2cc(S(C)(=O)=O)ccc21. The van der Waals surface area contributed by atoms with Crippen molar-refractivity contribution < 1.29 is 35.9 Å². The number of esters is 1. The maximum absolute atomic E-state index is 12.7. The molecule has 0 unspecified atom stereocenters. The smallest absolute Gasteiger partial charge is 0.416 e. The van der Waals surface area contributed by atoms with Crippen LogP contribution in [-0.2, 0) is 32.1 Å².